The molecule has 12 heteroatoms. The Hall–Kier alpha value is -3.48. The van der Waals surface area contributed by atoms with E-state index in [0.717, 1.165) is 12.1 Å². The lowest BCUT2D eigenvalue weighted by Gasteiger charge is -2.38. The van der Waals surface area contributed by atoms with E-state index in [0.29, 0.717) is 41.1 Å². The van der Waals surface area contributed by atoms with E-state index in [1.807, 2.05) is 0 Å². The van der Waals surface area contributed by atoms with Gasteiger partial charge in [0.05, 0.1) is 24.6 Å². The van der Waals surface area contributed by atoms with Gasteiger partial charge < -0.3 is 25.0 Å². The number of likely N-dealkylation sites (tertiary alicyclic amines) is 1. The Bertz CT molecular complexity index is 1200. The van der Waals surface area contributed by atoms with E-state index in [4.69, 9.17) is 5.11 Å². The van der Waals surface area contributed by atoms with Crippen LogP contribution in [0.1, 0.15) is 23.3 Å². The van der Waals surface area contributed by atoms with Gasteiger partial charge in [-0.3, -0.25) is 4.79 Å². The fourth-order valence-corrected chi connectivity index (χ4v) is 3.81. The minimum atomic E-state index is -4.82. The predicted molar refractivity (Wildman–Crippen MR) is 113 cm³/mol. The van der Waals surface area contributed by atoms with Crippen LogP contribution in [-0.4, -0.2) is 73.6 Å². The van der Waals surface area contributed by atoms with Crippen molar-refractivity contribution in [2.45, 2.75) is 18.4 Å². The number of benzene rings is 1. The van der Waals surface area contributed by atoms with Gasteiger partial charge in [0.2, 0.25) is 5.91 Å². The number of aromatic nitrogens is 3. The quantitative estimate of drug-likeness (QED) is 0.443. The van der Waals surface area contributed by atoms with Gasteiger partial charge in [0.15, 0.2) is 5.65 Å². The number of carbonyl (C=O) groups is 1. The molecular weight excluding hydrogens is 457 g/mol. The molecule has 0 bridgehead atoms. The maximum atomic E-state index is 12.5. The van der Waals surface area contributed by atoms with E-state index in [1.165, 1.54) is 35.2 Å². The molecule has 0 aliphatic carbocycles. The second kappa shape index (κ2) is 9.41. The molecule has 3 aromatic rings. The van der Waals surface area contributed by atoms with Crippen LogP contribution >= 0.6 is 0 Å². The van der Waals surface area contributed by atoms with Gasteiger partial charge in [-0.1, -0.05) is 6.08 Å². The lowest BCUT2D eigenvalue weighted by molar-refractivity contribution is -0.274. The SMILES string of the molecule is O=C(/C=C/CO)N1CC(c2nn(-c3ccc(OC(F)(F)F)cc3)c3nccc(C(O)CO)c23)C1. The van der Waals surface area contributed by atoms with E-state index >= 15 is 0 Å². The summed E-state index contributed by atoms with van der Waals surface area (Å²) < 4.78 is 42.8. The van der Waals surface area contributed by atoms with Crippen LogP contribution in [0.3, 0.4) is 0 Å². The average Bonchev–Trinajstić information content (AvgIpc) is 3.15. The first-order valence-electron chi connectivity index (χ1n) is 10.3. The fourth-order valence-electron chi connectivity index (χ4n) is 3.81. The third kappa shape index (κ3) is 4.74. The van der Waals surface area contributed by atoms with E-state index in [2.05, 4.69) is 14.8 Å². The van der Waals surface area contributed by atoms with Crippen molar-refractivity contribution in [2.24, 2.45) is 0 Å². The topological polar surface area (TPSA) is 121 Å². The smallest absolute Gasteiger partial charge is 0.406 e. The van der Waals surface area contributed by atoms with Gasteiger partial charge in [-0.2, -0.15) is 5.10 Å². The molecule has 1 aromatic carbocycles. The molecule has 4 rings (SSSR count). The Kier molecular flexibility index (Phi) is 6.55. The molecule has 2 aromatic heterocycles. The number of hydrogen-bond donors (Lipinski definition) is 3. The van der Waals surface area contributed by atoms with Gasteiger partial charge in [-0.05, 0) is 35.9 Å². The summed E-state index contributed by atoms with van der Waals surface area (Å²) in [6.07, 6.45) is -1.96. The lowest BCUT2D eigenvalue weighted by Crippen LogP contribution is -2.48. The van der Waals surface area contributed by atoms with Crippen LogP contribution in [0.25, 0.3) is 16.7 Å². The first-order valence-corrected chi connectivity index (χ1v) is 10.3. The summed E-state index contributed by atoms with van der Waals surface area (Å²) in [7, 11) is 0. The molecule has 3 heterocycles. The first kappa shape index (κ1) is 23.7. The Morgan fingerprint density at radius 2 is 1.91 bits per heavy atom. The first-order chi connectivity index (χ1) is 16.2. The van der Waals surface area contributed by atoms with Crippen LogP contribution in [0.2, 0.25) is 0 Å². The third-order valence-electron chi connectivity index (χ3n) is 5.42. The van der Waals surface area contributed by atoms with Crippen molar-refractivity contribution >= 4 is 16.9 Å². The summed E-state index contributed by atoms with van der Waals surface area (Å²) >= 11 is 0. The molecule has 1 aliphatic rings. The maximum Gasteiger partial charge on any atom is 0.573 e. The number of amides is 1. The van der Waals surface area contributed by atoms with Gasteiger partial charge in [0.25, 0.3) is 0 Å². The number of rotatable bonds is 7. The van der Waals surface area contributed by atoms with Crippen molar-refractivity contribution in [1.29, 1.82) is 0 Å². The highest BCUT2D eigenvalue weighted by Crippen LogP contribution is 2.36. The number of halogens is 3. The molecule has 1 atom stereocenters. The molecule has 1 fully saturated rings. The summed E-state index contributed by atoms with van der Waals surface area (Å²) in [6.45, 7) is -0.112. The minimum absolute atomic E-state index is 0.197. The molecule has 0 spiro atoms. The number of aliphatic hydroxyl groups is 3. The summed E-state index contributed by atoms with van der Waals surface area (Å²) in [5.74, 6) is -0.846. The molecule has 1 aliphatic heterocycles. The number of aliphatic hydroxyl groups excluding tert-OH is 3. The van der Waals surface area contributed by atoms with Crippen molar-refractivity contribution in [2.75, 3.05) is 26.3 Å². The standard InChI is InChI=1S/C22H21F3N4O5/c23-22(24,25)34-15-5-3-14(4-6-15)29-21-19(16(7-8-26-21)17(32)12-31)20(27-29)13-10-28(11-13)18(33)2-1-9-30/h1-8,13,17,30-32H,9-12H2/b2-1+. The molecule has 0 radical (unpaired) electrons. The maximum absolute atomic E-state index is 12.5. The molecule has 1 amide bonds. The van der Waals surface area contributed by atoms with Crippen LogP contribution in [0.15, 0.2) is 48.7 Å². The second-order valence-corrected chi connectivity index (χ2v) is 7.66. The molecular formula is C22H21F3N4O5. The normalized spacial score (nSPS) is 15.6. The summed E-state index contributed by atoms with van der Waals surface area (Å²) in [6, 6.07) is 6.65. The predicted octanol–water partition coefficient (Wildman–Crippen LogP) is 1.82. The number of hydrogen-bond acceptors (Lipinski definition) is 7. The zero-order valence-electron chi connectivity index (χ0n) is 17.7. The fraction of sp³-hybridized carbons (Fsp3) is 0.318. The Labute approximate surface area is 191 Å². The monoisotopic (exact) mass is 478 g/mol. The van der Waals surface area contributed by atoms with Crippen molar-refractivity contribution < 1.29 is 38.0 Å². The second-order valence-electron chi connectivity index (χ2n) is 7.66. The van der Waals surface area contributed by atoms with E-state index < -0.39 is 19.1 Å². The molecule has 34 heavy (non-hydrogen) atoms. The van der Waals surface area contributed by atoms with E-state index in [1.54, 1.807) is 11.0 Å². The van der Waals surface area contributed by atoms with E-state index in [9.17, 15) is 28.2 Å². The molecule has 9 nitrogen and oxygen atoms in total. The van der Waals surface area contributed by atoms with Crippen molar-refractivity contribution in [3.05, 3.63) is 59.9 Å². The number of pyridine rings is 1. The Morgan fingerprint density at radius 3 is 2.53 bits per heavy atom. The summed E-state index contributed by atoms with van der Waals surface area (Å²) in [5, 5.41) is 33.8. The Morgan fingerprint density at radius 1 is 1.21 bits per heavy atom. The van der Waals surface area contributed by atoms with Crippen LogP contribution in [0.5, 0.6) is 5.75 Å². The number of fused-ring (bicyclic) bond motifs is 1. The lowest BCUT2D eigenvalue weighted by atomic mass is 9.92. The molecule has 1 unspecified atom stereocenters. The van der Waals surface area contributed by atoms with Crippen LogP contribution in [-0.2, 0) is 4.79 Å². The largest absolute Gasteiger partial charge is 0.573 e. The number of nitrogens with zero attached hydrogens (tertiary/aromatic N) is 4. The van der Waals surface area contributed by atoms with Gasteiger partial charge in [-0.25, -0.2) is 9.67 Å². The summed E-state index contributed by atoms with van der Waals surface area (Å²) in [5.41, 5.74) is 1.69. The van der Waals surface area contributed by atoms with Gasteiger partial charge in [-0.15, -0.1) is 13.2 Å². The number of ether oxygens (including phenoxy) is 1. The molecule has 1 saturated heterocycles. The van der Waals surface area contributed by atoms with Crippen molar-refractivity contribution in [3.63, 3.8) is 0 Å². The van der Waals surface area contributed by atoms with Gasteiger partial charge in [0, 0.05) is 36.7 Å². The van der Waals surface area contributed by atoms with Crippen molar-refractivity contribution in [3.8, 4) is 11.4 Å². The zero-order valence-corrected chi connectivity index (χ0v) is 17.7. The Balaban J connectivity index is 1.72. The van der Waals surface area contributed by atoms with Gasteiger partial charge in [0.1, 0.15) is 11.9 Å². The number of carbonyl (C=O) groups excluding carboxylic acids is 1. The molecule has 180 valence electrons. The van der Waals surface area contributed by atoms with Crippen LogP contribution in [0.4, 0.5) is 13.2 Å². The molecule has 3 N–H and O–H groups in total. The highest BCUT2D eigenvalue weighted by molar-refractivity contribution is 5.89. The van der Waals surface area contributed by atoms with E-state index in [-0.39, 0.29) is 24.2 Å². The zero-order chi connectivity index (χ0) is 24.5. The summed E-state index contributed by atoms with van der Waals surface area (Å²) in [4.78, 5) is 18.0. The molecule has 0 saturated carbocycles. The van der Waals surface area contributed by atoms with Crippen molar-refractivity contribution in [1.82, 2.24) is 19.7 Å². The highest BCUT2D eigenvalue weighted by atomic mass is 19.4. The third-order valence-corrected chi connectivity index (χ3v) is 5.42. The van der Waals surface area contributed by atoms with Crippen LogP contribution in [0, 0.1) is 0 Å². The highest BCUT2D eigenvalue weighted by Gasteiger charge is 2.36. The number of alkyl halides is 3. The van der Waals surface area contributed by atoms with Crippen LogP contribution < -0.4 is 4.74 Å². The average molecular weight is 478 g/mol. The van der Waals surface area contributed by atoms with Gasteiger partial charge >= 0.3 is 6.36 Å². The minimum Gasteiger partial charge on any atom is -0.406 e.